The molecule has 0 fully saturated rings. The van der Waals surface area contributed by atoms with Gasteiger partial charge in [0.05, 0.1) is 17.8 Å². The van der Waals surface area contributed by atoms with Gasteiger partial charge in [0, 0.05) is 5.69 Å². The van der Waals surface area contributed by atoms with E-state index >= 15 is 0 Å². The van der Waals surface area contributed by atoms with Crippen LogP contribution < -0.4 is 11.2 Å². The Morgan fingerprint density at radius 3 is 2.13 bits per heavy atom. The number of anilines is 1. The Balaban J connectivity index is 3.03. The number of nitrogens with two attached hydrogens (primary N) is 1. The van der Waals surface area contributed by atoms with Gasteiger partial charge in [-0.25, -0.2) is 15.0 Å². The summed E-state index contributed by atoms with van der Waals surface area (Å²) in [7, 11) is 0. The Morgan fingerprint density at radius 2 is 1.61 bits per heavy atom. The van der Waals surface area contributed by atoms with Gasteiger partial charge in [0.15, 0.2) is 0 Å². The monoisotopic (exact) mass is 323 g/mol. The third-order valence-electron chi connectivity index (χ3n) is 2.46. The van der Waals surface area contributed by atoms with Crippen molar-refractivity contribution in [1.82, 2.24) is 10.4 Å². The molecule has 0 aliphatic heterocycles. The number of benzene rings is 1. The minimum Gasteiger partial charge on any atom is -0.446 e. The molecule has 126 valence electrons. The Labute approximate surface area is 134 Å². The predicted octanol–water partition coefficient (Wildman–Crippen LogP) is 2.31. The highest BCUT2D eigenvalue weighted by molar-refractivity contribution is 6.06. The van der Waals surface area contributed by atoms with Crippen molar-refractivity contribution in [2.45, 2.75) is 39.9 Å². The highest BCUT2D eigenvalue weighted by Gasteiger charge is 2.29. The molecule has 1 aromatic rings. The Morgan fingerprint density at radius 1 is 1.04 bits per heavy atom. The molecule has 0 saturated heterocycles. The quantitative estimate of drug-likeness (QED) is 0.652. The molecule has 0 spiro atoms. The van der Waals surface area contributed by atoms with Crippen molar-refractivity contribution in [2.24, 2.45) is 0 Å². The Hall–Kier alpha value is -2.77. The van der Waals surface area contributed by atoms with E-state index in [-0.39, 0.29) is 11.3 Å². The first-order chi connectivity index (χ1) is 10.7. The van der Waals surface area contributed by atoms with Gasteiger partial charge in [-0.1, -0.05) is 12.1 Å². The van der Waals surface area contributed by atoms with Gasteiger partial charge >= 0.3 is 12.2 Å². The van der Waals surface area contributed by atoms with Gasteiger partial charge in [-0.2, -0.15) is 0 Å². The van der Waals surface area contributed by atoms with E-state index in [4.69, 9.17) is 15.2 Å². The molecule has 0 aliphatic carbocycles. The first-order valence-electron chi connectivity index (χ1n) is 7.09. The van der Waals surface area contributed by atoms with E-state index in [0.29, 0.717) is 5.01 Å². The smallest absolute Gasteiger partial charge is 0.436 e. The van der Waals surface area contributed by atoms with Crippen molar-refractivity contribution < 1.29 is 23.9 Å². The van der Waals surface area contributed by atoms with Crippen LogP contribution in [0.3, 0.4) is 0 Å². The lowest BCUT2D eigenvalue weighted by atomic mass is 10.1. The molecule has 0 heterocycles. The van der Waals surface area contributed by atoms with E-state index in [1.54, 1.807) is 39.8 Å². The first-order valence-corrected chi connectivity index (χ1v) is 7.09. The van der Waals surface area contributed by atoms with Gasteiger partial charge in [0.1, 0.15) is 0 Å². The van der Waals surface area contributed by atoms with Crippen molar-refractivity contribution in [3.8, 4) is 0 Å². The number of nitrogens with zero attached hydrogens (tertiary/aromatic N) is 1. The van der Waals surface area contributed by atoms with Crippen LogP contribution in [0, 0.1) is 0 Å². The van der Waals surface area contributed by atoms with Crippen molar-refractivity contribution >= 4 is 23.8 Å². The lowest BCUT2D eigenvalue weighted by Gasteiger charge is -2.22. The maximum absolute atomic E-state index is 12.5. The molecule has 8 heteroatoms. The zero-order valence-electron chi connectivity index (χ0n) is 13.5. The summed E-state index contributed by atoms with van der Waals surface area (Å²) in [5.41, 5.74) is 8.02. The first kappa shape index (κ1) is 18.3. The molecule has 0 radical (unpaired) electrons. The van der Waals surface area contributed by atoms with Crippen LogP contribution >= 0.6 is 0 Å². The molecule has 0 aliphatic rings. The largest absolute Gasteiger partial charge is 0.446 e. The van der Waals surface area contributed by atoms with Gasteiger partial charge in [-0.15, -0.1) is 5.01 Å². The van der Waals surface area contributed by atoms with Crippen LogP contribution in [0.2, 0.25) is 0 Å². The van der Waals surface area contributed by atoms with Gasteiger partial charge in [-0.3, -0.25) is 4.79 Å². The standard InChI is InChI=1S/C15H21N3O5/c1-9(2)22-14(20)17-18(15(21)23-10(3)4)13(19)11-7-5-6-8-12(11)16/h5-10H,16H2,1-4H3,(H,17,20). The minimum absolute atomic E-state index is 0.0538. The summed E-state index contributed by atoms with van der Waals surface area (Å²) in [6, 6.07) is 6.17. The van der Waals surface area contributed by atoms with E-state index in [1.165, 1.54) is 12.1 Å². The molecule has 0 unspecified atom stereocenters. The lowest BCUT2D eigenvalue weighted by Crippen LogP contribution is -2.51. The number of nitrogen functional groups attached to an aromatic ring is 1. The highest BCUT2D eigenvalue weighted by Crippen LogP contribution is 2.14. The fourth-order valence-electron chi connectivity index (χ4n) is 1.58. The lowest BCUT2D eigenvalue weighted by molar-refractivity contribution is 0.0383. The van der Waals surface area contributed by atoms with Crippen LogP contribution in [0.5, 0.6) is 0 Å². The second-order valence-corrected chi connectivity index (χ2v) is 5.23. The van der Waals surface area contributed by atoms with E-state index in [0.717, 1.165) is 0 Å². The summed E-state index contributed by atoms with van der Waals surface area (Å²) in [6.45, 7) is 6.49. The number of para-hydroxylation sites is 1. The third-order valence-corrected chi connectivity index (χ3v) is 2.46. The molecule has 1 aromatic carbocycles. The van der Waals surface area contributed by atoms with E-state index < -0.39 is 30.3 Å². The maximum atomic E-state index is 12.5. The molecule has 0 atom stereocenters. The number of carbonyl (C=O) groups is 3. The van der Waals surface area contributed by atoms with E-state index in [9.17, 15) is 14.4 Å². The average Bonchev–Trinajstić information content (AvgIpc) is 2.43. The average molecular weight is 323 g/mol. The van der Waals surface area contributed by atoms with Gasteiger partial charge in [0.2, 0.25) is 0 Å². The molecule has 23 heavy (non-hydrogen) atoms. The molecule has 0 saturated carbocycles. The third kappa shape index (κ3) is 5.50. The van der Waals surface area contributed by atoms with E-state index in [1.807, 2.05) is 0 Å². The summed E-state index contributed by atoms with van der Waals surface area (Å²) >= 11 is 0. The van der Waals surface area contributed by atoms with Crippen molar-refractivity contribution in [3.63, 3.8) is 0 Å². The minimum atomic E-state index is -1.03. The highest BCUT2D eigenvalue weighted by atomic mass is 16.6. The fourth-order valence-corrected chi connectivity index (χ4v) is 1.58. The summed E-state index contributed by atoms with van der Waals surface area (Å²) in [5, 5.41) is 0.441. The number of hydrogen-bond donors (Lipinski definition) is 2. The number of nitrogens with one attached hydrogen (secondary N) is 1. The molecular weight excluding hydrogens is 302 g/mol. The van der Waals surface area contributed by atoms with Crippen LogP contribution in [-0.2, 0) is 9.47 Å². The van der Waals surface area contributed by atoms with Crippen molar-refractivity contribution in [3.05, 3.63) is 29.8 Å². The van der Waals surface area contributed by atoms with E-state index in [2.05, 4.69) is 5.43 Å². The SMILES string of the molecule is CC(C)OC(=O)NN(C(=O)OC(C)C)C(=O)c1ccccc1N. The molecular formula is C15H21N3O5. The predicted molar refractivity (Wildman–Crippen MR) is 83.4 cm³/mol. The molecule has 8 nitrogen and oxygen atoms in total. The summed E-state index contributed by atoms with van der Waals surface area (Å²) in [4.78, 5) is 36.3. The maximum Gasteiger partial charge on any atom is 0.436 e. The number of carbonyl (C=O) groups excluding carboxylic acids is 3. The van der Waals surface area contributed by atoms with Crippen LogP contribution in [-0.4, -0.2) is 35.3 Å². The van der Waals surface area contributed by atoms with Crippen molar-refractivity contribution in [1.29, 1.82) is 0 Å². The zero-order chi connectivity index (χ0) is 17.6. The number of hydrogen-bond acceptors (Lipinski definition) is 6. The summed E-state index contributed by atoms with van der Waals surface area (Å²) in [5.74, 6) is -0.825. The molecule has 1 rings (SSSR count). The van der Waals surface area contributed by atoms with Crippen LogP contribution in [0.15, 0.2) is 24.3 Å². The second kappa shape index (κ2) is 8.02. The topological polar surface area (TPSA) is 111 Å². The Kier molecular flexibility index (Phi) is 6.37. The van der Waals surface area contributed by atoms with Crippen LogP contribution in [0.4, 0.5) is 15.3 Å². The number of ether oxygens (including phenoxy) is 2. The molecule has 3 amide bonds. The van der Waals surface area contributed by atoms with Gasteiger partial charge in [-0.05, 0) is 39.8 Å². The number of hydrazine groups is 1. The van der Waals surface area contributed by atoms with Gasteiger partial charge in [0.25, 0.3) is 5.91 Å². The van der Waals surface area contributed by atoms with Crippen LogP contribution in [0.25, 0.3) is 0 Å². The molecule has 0 bridgehead atoms. The normalized spacial score (nSPS) is 10.3. The zero-order valence-corrected chi connectivity index (χ0v) is 13.5. The summed E-state index contributed by atoms with van der Waals surface area (Å²) in [6.07, 6.45) is -2.89. The number of amides is 3. The van der Waals surface area contributed by atoms with Crippen molar-refractivity contribution in [2.75, 3.05) is 5.73 Å². The molecule has 0 aromatic heterocycles. The number of rotatable bonds is 3. The van der Waals surface area contributed by atoms with Gasteiger partial charge < -0.3 is 15.2 Å². The summed E-state index contributed by atoms with van der Waals surface area (Å²) < 4.78 is 9.82. The fraction of sp³-hybridized carbons (Fsp3) is 0.400. The Bertz CT molecular complexity index is 586. The van der Waals surface area contributed by atoms with Crippen LogP contribution in [0.1, 0.15) is 38.1 Å². The molecule has 3 N–H and O–H groups in total. The second-order valence-electron chi connectivity index (χ2n) is 5.23. The number of imide groups is 1.